The maximum atomic E-state index is 12.3. The predicted molar refractivity (Wildman–Crippen MR) is 98.9 cm³/mol. The SMILES string of the molecule is CCOC(=O)c1c(C)c(CCC(=O)NC2CCCCC2)n(CC)c1C. The summed E-state index contributed by atoms with van der Waals surface area (Å²) in [6.07, 6.45) is 7.02. The van der Waals surface area contributed by atoms with Crippen molar-refractivity contribution in [2.24, 2.45) is 0 Å². The summed E-state index contributed by atoms with van der Waals surface area (Å²) in [4.78, 5) is 24.6. The molecule has 1 aliphatic rings. The number of nitrogens with zero attached hydrogens (tertiary/aromatic N) is 1. The number of aromatic nitrogens is 1. The van der Waals surface area contributed by atoms with Crippen molar-refractivity contribution in [1.82, 2.24) is 9.88 Å². The topological polar surface area (TPSA) is 60.3 Å². The fourth-order valence-corrected chi connectivity index (χ4v) is 3.99. The Kier molecular flexibility index (Phi) is 7.09. The number of carbonyl (C=O) groups excluding carboxylic acids is 2. The van der Waals surface area contributed by atoms with Gasteiger partial charge in [-0.05, 0) is 52.5 Å². The lowest BCUT2D eigenvalue weighted by Crippen LogP contribution is -2.36. The highest BCUT2D eigenvalue weighted by molar-refractivity contribution is 5.93. The van der Waals surface area contributed by atoms with Gasteiger partial charge in [-0.3, -0.25) is 4.79 Å². The highest BCUT2D eigenvalue weighted by atomic mass is 16.5. The van der Waals surface area contributed by atoms with Gasteiger partial charge in [-0.2, -0.15) is 0 Å². The van der Waals surface area contributed by atoms with Crippen LogP contribution in [0.5, 0.6) is 0 Å². The number of ether oxygens (including phenoxy) is 1. The summed E-state index contributed by atoms with van der Waals surface area (Å²) in [5, 5.41) is 3.17. The highest BCUT2D eigenvalue weighted by Gasteiger charge is 2.23. The fourth-order valence-electron chi connectivity index (χ4n) is 3.99. The number of nitrogens with one attached hydrogen (secondary N) is 1. The van der Waals surface area contributed by atoms with E-state index >= 15 is 0 Å². The van der Waals surface area contributed by atoms with E-state index in [4.69, 9.17) is 4.74 Å². The van der Waals surface area contributed by atoms with Gasteiger partial charge in [0.25, 0.3) is 0 Å². The first-order valence-electron chi connectivity index (χ1n) is 9.64. The van der Waals surface area contributed by atoms with Crippen LogP contribution >= 0.6 is 0 Å². The Bertz CT molecular complexity index is 613. The van der Waals surface area contributed by atoms with Crippen molar-refractivity contribution in [3.8, 4) is 0 Å². The first-order chi connectivity index (χ1) is 12.0. The van der Waals surface area contributed by atoms with Crippen LogP contribution in [0.2, 0.25) is 0 Å². The van der Waals surface area contributed by atoms with Crippen LogP contribution in [0.15, 0.2) is 0 Å². The van der Waals surface area contributed by atoms with Crippen LogP contribution in [0.1, 0.15) is 79.7 Å². The molecule has 1 N–H and O–H groups in total. The molecule has 0 spiro atoms. The van der Waals surface area contributed by atoms with E-state index in [-0.39, 0.29) is 11.9 Å². The summed E-state index contributed by atoms with van der Waals surface area (Å²) in [5.74, 6) is -0.150. The minimum atomic E-state index is -0.266. The van der Waals surface area contributed by atoms with E-state index in [0.29, 0.717) is 31.1 Å². The summed E-state index contributed by atoms with van der Waals surface area (Å²) in [6.45, 7) is 8.94. The molecular weight excluding hydrogens is 316 g/mol. The molecular formula is C20H32N2O3. The van der Waals surface area contributed by atoms with E-state index in [1.807, 2.05) is 20.8 Å². The van der Waals surface area contributed by atoms with Crippen LogP contribution < -0.4 is 5.32 Å². The van der Waals surface area contributed by atoms with Crippen LogP contribution in [-0.2, 0) is 22.5 Å². The van der Waals surface area contributed by atoms with Crippen LogP contribution in [0, 0.1) is 13.8 Å². The number of amides is 1. The lowest BCUT2D eigenvalue weighted by Gasteiger charge is -2.22. The Morgan fingerprint density at radius 3 is 2.44 bits per heavy atom. The zero-order valence-electron chi connectivity index (χ0n) is 16.1. The van der Waals surface area contributed by atoms with E-state index < -0.39 is 0 Å². The second-order valence-electron chi connectivity index (χ2n) is 6.90. The van der Waals surface area contributed by atoms with Crippen molar-refractivity contribution in [3.63, 3.8) is 0 Å². The quantitative estimate of drug-likeness (QED) is 0.765. The molecule has 0 aliphatic heterocycles. The molecule has 1 amide bonds. The van der Waals surface area contributed by atoms with E-state index in [1.54, 1.807) is 0 Å². The molecule has 25 heavy (non-hydrogen) atoms. The number of hydrogen-bond acceptors (Lipinski definition) is 3. The predicted octanol–water partition coefficient (Wildman–Crippen LogP) is 3.68. The Balaban J connectivity index is 2.06. The van der Waals surface area contributed by atoms with Gasteiger partial charge in [0.1, 0.15) is 0 Å². The van der Waals surface area contributed by atoms with Crippen LogP contribution in [0.4, 0.5) is 0 Å². The molecule has 1 aromatic heterocycles. The van der Waals surface area contributed by atoms with E-state index in [1.165, 1.54) is 19.3 Å². The zero-order valence-corrected chi connectivity index (χ0v) is 16.1. The normalized spacial score (nSPS) is 15.2. The molecule has 0 atom stereocenters. The molecule has 1 saturated carbocycles. The largest absolute Gasteiger partial charge is 0.462 e. The minimum absolute atomic E-state index is 0.116. The lowest BCUT2D eigenvalue weighted by atomic mass is 9.95. The van der Waals surface area contributed by atoms with Gasteiger partial charge < -0.3 is 14.6 Å². The summed E-state index contributed by atoms with van der Waals surface area (Å²) >= 11 is 0. The van der Waals surface area contributed by atoms with E-state index in [9.17, 15) is 9.59 Å². The van der Waals surface area contributed by atoms with E-state index in [2.05, 4.69) is 16.8 Å². The molecule has 1 aromatic rings. The summed E-state index contributed by atoms with van der Waals surface area (Å²) in [6, 6.07) is 0.345. The standard InChI is InChI=1S/C20H32N2O3/c1-5-22-15(4)19(20(24)25-6-2)14(3)17(22)12-13-18(23)21-16-10-8-7-9-11-16/h16H,5-13H2,1-4H3,(H,21,23). The number of esters is 1. The Hall–Kier alpha value is -1.78. The third-order valence-electron chi connectivity index (χ3n) is 5.26. The summed E-state index contributed by atoms with van der Waals surface area (Å²) < 4.78 is 7.33. The summed E-state index contributed by atoms with van der Waals surface area (Å²) in [5.41, 5.74) is 3.61. The maximum Gasteiger partial charge on any atom is 0.340 e. The highest BCUT2D eigenvalue weighted by Crippen LogP contribution is 2.24. The molecule has 1 aliphatic carbocycles. The third-order valence-corrected chi connectivity index (χ3v) is 5.26. The van der Waals surface area contributed by atoms with Crippen LogP contribution in [0.3, 0.4) is 0 Å². The smallest absolute Gasteiger partial charge is 0.340 e. The van der Waals surface area contributed by atoms with Crippen molar-refractivity contribution in [3.05, 3.63) is 22.5 Å². The van der Waals surface area contributed by atoms with Gasteiger partial charge in [-0.1, -0.05) is 19.3 Å². The molecule has 0 unspecified atom stereocenters. The second-order valence-corrected chi connectivity index (χ2v) is 6.90. The van der Waals surface area contributed by atoms with Crippen molar-refractivity contribution in [1.29, 1.82) is 0 Å². The van der Waals surface area contributed by atoms with E-state index in [0.717, 1.165) is 36.3 Å². The molecule has 1 fully saturated rings. The first-order valence-corrected chi connectivity index (χ1v) is 9.64. The van der Waals surface area contributed by atoms with Crippen molar-refractivity contribution < 1.29 is 14.3 Å². The van der Waals surface area contributed by atoms with Crippen molar-refractivity contribution in [2.75, 3.05) is 6.61 Å². The van der Waals surface area contributed by atoms with Crippen LogP contribution in [-0.4, -0.2) is 29.1 Å². The van der Waals surface area contributed by atoms with Gasteiger partial charge in [0.2, 0.25) is 5.91 Å². The molecule has 5 nitrogen and oxygen atoms in total. The van der Waals surface area contributed by atoms with Gasteiger partial charge in [-0.25, -0.2) is 4.79 Å². The number of rotatable bonds is 7. The Morgan fingerprint density at radius 1 is 1.16 bits per heavy atom. The third kappa shape index (κ3) is 4.65. The first kappa shape index (κ1) is 19.5. The molecule has 0 bridgehead atoms. The van der Waals surface area contributed by atoms with Gasteiger partial charge in [0, 0.05) is 30.4 Å². The van der Waals surface area contributed by atoms with Crippen LogP contribution in [0.25, 0.3) is 0 Å². The fraction of sp³-hybridized carbons (Fsp3) is 0.700. The monoisotopic (exact) mass is 348 g/mol. The molecule has 0 aromatic carbocycles. The minimum Gasteiger partial charge on any atom is -0.462 e. The molecule has 1 heterocycles. The van der Waals surface area contributed by atoms with Gasteiger partial charge in [-0.15, -0.1) is 0 Å². The lowest BCUT2D eigenvalue weighted by molar-refractivity contribution is -0.122. The second kappa shape index (κ2) is 9.07. The molecule has 0 radical (unpaired) electrons. The van der Waals surface area contributed by atoms with Gasteiger partial charge >= 0.3 is 5.97 Å². The van der Waals surface area contributed by atoms with Gasteiger partial charge in [0.05, 0.1) is 12.2 Å². The zero-order chi connectivity index (χ0) is 18.4. The van der Waals surface area contributed by atoms with Crippen molar-refractivity contribution >= 4 is 11.9 Å². The van der Waals surface area contributed by atoms with Gasteiger partial charge in [0.15, 0.2) is 0 Å². The molecule has 2 rings (SSSR count). The Labute approximate surface area is 151 Å². The molecule has 0 saturated heterocycles. The number of carbonyl (C=O) groups is 2. The number of hydrogen-bond donors (Lipinski definition) is 1. The maximum absolute atomic E-state index is 12.3. The van der Waals surface area contributed by atoms with Crippen molar-refractivity contribution in [2.45, 2.75) is 85.2 Å². The average molecular weight is 348 g/mol. The average Bonchev–Trinajstić information content (AvgIpc) is 2.83. The summed E-state index contributed by atoms with van der Waals surface area (Å²) in [7, 11) is 0. The molecule has 5 heteroatoms. The molecule has 140 valence electrons. The Morgan fingerprint density at radius 2 is 1.84 bits per heavy atom.